The number of benzene rings is 1. The molecule has 0 amide bonds. The number of aryl methyl sites for hydroxylation is 1. The average Bonchev–Trinajstić information content (AvgIpc) is 3.35. The van der Waals surface area contributed by atoms with Crippen molar-refractivity contribution in [3.05, 3.63) is 76.6 Å². The molecule has 13 heteroatoms. The third-order valence-corrected chi connectivity index (χ3v) is 6.82. The number of hydrogen-bond acceptors (Lipinski definition) is 10. The third-order valence-electron chi connectivity index (χ3n) is 6.82. The molecule has 40 heavy (non-hydrogen) atoms. The molecular weight excluding hydrogens is 517 g/mol. The number of piperazine rings is 1. The van der Waals surface area contributed by atoms with E-state index in [0.717, 1.165) is 27.6 Å². The monoisotopic (exact) mass is 545 g/mol. The number of halogens is 1. The van der Waals surface area contributed by atoms with E-state index in [4.69, 9.17) is 5.11 Å². The van der Waals surface area contributed by atoms with Crippen LogP contribution in [0.2, 0.25) is 0 Å². The van der Waals surface area contributed by atoms with Gasteiger partial charge in [0.25, 0.3) is 0 Å². The number of pyridine rings is 1. The summed E-state index contributed by atoms with van der Waals surface area (Å²) in [6.07, 6.45) is 6.16. The summed E-state index contributed by atoms with van der Waals surface area (Å²) in [7, 11) is 0. The number of nitriles is 1. The second kappa shape index (κ2) is 11.6. The lowest BCUT2D eigenvalue weighted by Gasteiger charge is -2.35. The third kappa shape index (κ3) is 5.40. The van der Waals surface area contributed by atoms with Crippen molar-refractivity contribution in [3.63, 3.8) is 0 Å². The minimum atomic E-state index is -1.16. The summed E-state index contributed by atoms with van der Waals surface area (Å²) in [5.41, 5.74) is 1.84. The van der Waals surface area contributed by atoms with Crippen LogP contribution in [0.4, 0.5) is 16.2 Å². The number of rotatable bonds is 8. The van der Waals surface area contributed by atoms with Crippen molar-refractivity contribution >= 4 is 11.8 Å². The predicted molar refractivity (Wildman–Crippen MR) is 145 cm³/mol. The summed E-state index contributed by atoms with van der Waals surface area (Å²) in [6, 6.07) is 8.22. The Morgan fingerprint density at radius 2 is 1.77 bits per heavy atom. The summed E-state index contributed by atoms with van der Waals surface area (Å²) in [5.74, 6) is 0.576. The lowest BCUT2D eigenvalue weighted by Crippen LogP contribution is -2.47. The van der Waals surface area contributed by atoms with Gasteiger partial charge < -0.3 is 20.0 Å². The van der Waals surface area contributed by atoms with Crippen LogP contribution in [0.25, 0.3) is 16.8 Å². The van der Waals surface area contributed by atoms with Crippen LogP contribution in [-0.4, -0.2) is 78.4 Å². The van der Waals surface area contributed by atoms with E-state index < -0.39 is 24.2 Å². The van der Waals surface area contributed by atoms with Gasteiger partial charge in [-0.15, -0.1) is 0 Å². The summed E-state index contributed by atoms with van der Waals surface area (Å²) in [6.45, 7) is 3.96. The SMILES string of the molecule is CCc1cnc(N2CCN(c3ncc(-c4ccc(-n5cnn(C[C@H](O)CO)c5=O)c(F)c4)cc3C#N)CC2)nc1. The van der Waals surface area contributed by atoms with Gasteiger partial charge in [0, 0.05) is 50.3 Å². The van der Waals surface area contributed by atoms with Crippen molar-refractivity contribution in [1.82, 2.24) is 29.3 Å². The van der Waals surface area contributed by atoms with Crippen molar-refractivity contribution in [2.75, 3.05) is 42.6 Å². The largest absolute Gasteiger partial charge is 0.394 e. The van der Waals surface area contributed by atoms with Crippen molar-refractivity contribution in [2.24, 2.45) is 0 Å². The van der Waals surface area contributed by atoms with E-state index in [1.165, 1.54) is 12.1 Å². The Hall–Kier alpha value is -4.67. The number of nitrogens with zero attached hydrogens (tertiary/aromatic N) is 9. The Bertz CT molecular complexity index is 1590. The molecule has 5 rings (SSSR count). The number of anilines is 2. The molecule has 1 fully saturated rings. The van der Waals surface area contributed by atoms with Gasteiger partial charge in [0.2, 0.25) is 5.95 Å². The summed E-state index contributed by atoms with van der Waals surface area (Å²) < 4.78 is 17.1. The maximum absolute atomic E-state index is 15.1. The van der Waals surface area contributed by atoms with Crippen LogP contribution in [0.3, 0.4) is 0 Å². The van der Waals surface area contributed by atoms with Gasteiger partial charge in [-0.1, -0.05) is 13.0 Å². The smallest absolute Gasteiger partial charge is 0.350 e. The van der Waals surface area contributed by atoms with Gasteiger partial charge in [-0.3, -0.25) is 0 Å². The van der Waals surface area contributed by atoms with Crippen molar-refractivity contribution < 1.29 is 14.6 Å². The maximum atomic E-state index is 15.1. The fraction of sp³-hybridized carbons (Fsp3) is 0.333. The van der Waals surface area contributed by atoms with Crippen LogP contribution in [-0.2, 0) is 13.0 Å². The summed E-state index contributed by atoms with van der Waals surface area (Å²) in [4.78, 5) is 30.2. The molecule has 0 saturated carbocycles. The van der Waals surface area contributed by atoms with Gasteiger partial charge in [-0.05, 0) is 35.7 Å². The molecule has 1 saturated heterocycles. The number of aromatic nitrogens is 6. The minimum absolute atomic E-state index is 0.0187. The van der Waals surface area contributed by atoms with Crippen LogP contribution >= 0.6 is 0 Å². The van der Waals surface area contributed by atoms with Gasteiger partial charge in [0.05, 0.1) is 30.5 Å². The van der Waals surface area contributed by atoms with Crippen LogP contribution < -0.4 is 15.5 Å². The van der Waals surface area contributed by atoms with Gasteiger partial charge in [0.15, 0.2) is 0 Å². The quantitative estimate of drug-likeness (QED) is 0.330. The van der Waals surface area contributed by atoms with Crippen molar-refractivity contribution in [3.8, 4) is 22.9 Å². The zero-order chi connectivity index (χ0) is 28.2. The molecule has 2 N–H and O–H groups in total. The molecule has 0 spiro atoms. The normalized spacial score (nSPS) is 14.3. The van der Waals surface area contributed by atoms with E-state index >= 15 is 4.39 Å². The number of hydrogen-bond donors (Lipinski definition) is 2. The van der Waals surface area contributed by atoms with Crippen LogP contribution in [0.5, 0.6) is 0 Å². The highest BCUT2D eigenvalue weighted by molar-refractivity contribution is 5.69. The van der Waals surface area contributed by atoms with Crippen molar-refractivity contribution in [1.29, 1.82) is 5.26 Å². The molecule has 12 nitrogen and oxygen atoms in total. The summed E-state index contributed by atoms with van der Waals surface area (Å²) >= 11 is 0. The molecule has 0 bridgehead atoms. The molecule has 1 aromatic carbocycles. The molecule has 0 unspecified atom stereocenters. The van der Waals surface area contributed by atoms with E-state index in [1.807, 2.05) is 17.3 Å². The zero-order valence-corrected chi connectivity index (χ0v) is 21.9. The van der Waals surface area contributed by atoms with Gasteiger partial charge in [0.1, 0.15) is 24.0 Å². The van der Waals surface area contributed by atoms with Gasteiger partial charge in [-0.2, -0.15) is 10.4 Å². The molecule has 1 aliphatic rings. The lowest BCUT2D eigenvalue weighted by atomic mass is 10.0. The Balaban J connectivity index is 1.32. The first-order chi connectivity index (χ1) is 19.4. The average molecular weight is 546 g/mol. The van der Waals surface area contributed by atoms with Crippen LogP contribution in [0.1, 0.15) is 18.1 Å². The summed E-state index contributed by atoms with van der Waals surface area (Å²) in [5, 5.41) is 32.3. The number of aliphatic hydroxyl groups is 2. The van der Waals surface area contributed by atoms with E-state index in [1.54, 1.807) is 18.3 Å². The molecular formula is C27H28FN9O3. The first-order valence-electron chi connectivity index (χ1n) is 12.9. The van der Waals surface area contributed by atoms with Gasteiger partial charge >= 0.3 is 5.69 Å². The highest BCUT2D eigenvalue weighted by atomic mass is 19.1. The second-order valence-electron chi connectivity index (χ2n) is 9.39. The zero-order valence-electron chi connectivity index (χ0n) is 21.9. The standard InChI is InChI=1S/C27H28FN9O3/c1-2-18-12-31-26(32-13-18)35-7-5-34(6-8-35)25-20(11-29)9-21(14-30-25)19-3-4-24(23(28)10-19)36-17-33-37(27(36)40)15-22(39)16-38/h3-4,9-10,12-14,17,22,38-39H,2,5-8,15-16H2,1H3/t22-/m0/s1. The number of aliphatic hydroxyl groups excluding tert-OH is 2. The molecule has 4 heterocycles. The van der Waals surface area contributed by atoms with E-state index in [-0.39, 0.29) is 12.2 Å². The highest BCUT2D eigenvalue weighted by Gasteiger charge is 2.23. The van der Waals surface area contributed by atoms with Crippen LogP contribution in [0, 0.1) is 17.1 Å². The lowest BCUT2D eigenvalue weighted by molar-refractivity contribution is 0.0772. The molecule has 0 aliphatic carbocycles. The van der Waals surface area contributed by atoms with Crippen LogP contribution in [0.15, 0.2) is 54.0 Å². The van der Waals surface area contributed by atoms with E-state index in [9.17, 15) is 15.2 Å². The van der Waals surface area contributed by atoms with Gasteiger partial charge in [-0.25, -0.2) is 33.4 Å². The first kappa shape index (κ1) is 26.9. The molecule has 206 valence electrons. The molecule has 4 aromatic rings. The van der Waals surface area contributed by atoms with E-state index in [2.05, 4.69) is 37.9 Å². The van der Waals surface area contributed by atoms with E-state index in [0.29, 0.717) is 54.6 Å². The molecule has 1 aliphatic heterocycles. The fourth-order valence-corrected chi connectivity index (χ4v) is 4.53. The van der Waals surface area contributed by atoms with Crippen molar-refractivity contribution in [2.45, 2.75) is 26.0 Å². The Kier molecular flexibility index (Phi) is 7.81. The molecule has 3 aromatic heterocycles. The highest BCUT2D eigenvalue weighted by Crippen LogP contribution is 2.28. The first-order valence-corrected chi connectivity index (χ1v) is 12.9. The predicted octanol–water partition coefficient (Wildman–Crippen LogP) is 1.14. The Morgan fingerprint density at radius 3 is 2.42 bits per heavy atom. The molecule has 1 atom stereocenters. The maximum Gasteiger partial charge on any atom is 0.350 e. The Morgan fingerprint density at radius 1 is 1.05 bits per heavy atom. The second-order valence-corrected chi connectivity index (χ2v) is 9.39. The fourth-order valence-electron chi connectivity index (χ4n) is 4.53. The Labute approximate surface area is 229 Å². The topological polar surface area (TPSA) is 149 Å². The minimum Gasteiger partial charge on any atom is -0.394 e. The molecule has 0 radical (unpaired) electrons.